The molecule has 166 valence electrons. The number of rotatable bonds is 3. The SMILES string of the molecule is CC(C)(O)c1ccc(F)c(S(N)(=O)=NC(=O)Nc2c3c(c(F)c4c2CCC4)CCC3)c1. The van der Waals surface area contributed by atoms with Gasteiger partial charge >= 0.3 is 6.03 Å². The fraction of sp³-hybridized carbons (Fsp3) is 0.409. The number of hydrogen-bond acceptors (Lipinski definition) is 3. The van der Waals surface area contributed by atoms with Crippen LogP contribution in [0.15, 0.2) is 27.5 Å². The van der Waals surface area contributed by atoms with Gasteiger partial charge in [-0.1, -0.05) is 6.07 Å². The van der Waals surface area contributed by atoms with Crippen LogP contribution >= 0.6 is 0 Å². The third-order valence-corrected chi connectivity index (χ3v) is 7.35. The fourth-order valence-electron chi connectivity index (χ4n) is 4.45. The minimum Gasteiger partial charge on any atom is -0.386 e. The van der Waals surface area contributed by atoms with Crippen LogP contribution in [0.25, 0.3) is 0 Å². The van der Waals surface area contributed by atoms with Gasteiger partial charge in [-0.3, -0.25) is 0 Å². The molecule has 4 rings (SSSR count). The summed E-state index contributed by atoms with van der Waals surface area (Å²) in [4.78, 5) is 12.2. The average molecular weight is 450 g/mol. The molecular weight excluding hydrogens is 424 g/mol. The second-order valence-corrected chi connectivity index (χ2v) is 10.4. The minimum atomic E-state index is -3.93. The monoisotopic (exact) mass is 449 g/mol. The second-order valence-electron chi connectivity index (χ2n) is 8.60. The Morgan fingerprint density at radius 3 is 2.19 bits per heavy atom. The van der Waals surface area contributed by atoms with Gasteiger partial charge in [-0.05, 0) is 92.3 Å². The molecular formula is C22H25F2N3O3S. The van der Waals surface area contributed by atoms with Gasteiger partial charge < -0.3 is 10.4 Å². The summed E-state index contributed by atoms with van der Waals surface area (Å²) in [5, 5.41) is 18.6. The molecule has 0 fully saturated rings. The highest BCUT2D eigenvalue weighted by atomic mass is 32.2. The van der Waals surface area contributed by atoms with Crippen molar-refractivity contribution >= 4 is 21.6 Å². The predicted octanol–water partition coefficient (Wildman–Crippen LogP) is 4.10. The molecule has 0 spiro atoms. The maximum atomic E-state index is 14.8. The Kier molecular flexibility index (Phi) is 5.39. The van der Waals surface area contributed by atoms with Crippen molar-refractivity contribution in [2.45, 2.75) is 62.9 Å². The number of aliphatic hydroxyl groups is 1. The van der Waals surface area contributed by atoms with Gasteiger partial charge in [0.05, 0.1) is 10.5 Å². The molecule has 9 heteroatoms. The fourth-order valence-corrected chi connectivity index (χ4v) is 5.48. The standard InChI is InChI=1S/C22H25F2N3O3S/c1-22(2,29)12-9-10-17(23)18(11-12)31(25,30)27-21(28)26-20-15-7-3-5-13(15)19(24)14-6-4-8-16(14)20/h9-11,29H,3-8H2,1-2H3,(H3,25,26,27,28,30). The van der Waals surface area contributed by atoms with Gasteiger partial charge in [-0.2, -0.15) is 0 Å². The lowest BCUT2D eigenvalue weighted by atomic mass is 9.98. The third kappa shape index (κ3) is 3.97. The van der Waals surface area contributed by atoms with Gasteiger partial charge in [0, 0.05) is 5.69 Å². The first-order valence-corrected chi connectivity index (χ1v) is 11.8. The Labute approximate surface area is 180 Å². The maximum absolute atomic E-state index is 14.8. The molecule has 2 aliphatic rings. The summed E-state index contributed by atoms with van der Waals surface area (Å²) in [6.07, 6.45) is 4.06. The van der Waals surface area contributed by atoms with E-state index in [4.69, 9.17) is 5.14 Å². The molecule has 0 heterocycles. The number of nitrogens with one attached hydrogen (secondary N) is 1. The van der Waals surface area contributed by atoms with Crippen molar-refractivity contribution < 1.29 is 22.9 Å². The highest BCUT2D eigenvalue weighted by Gasteiger charge is 2.30. The van der Waals surface area contributed by atoms with E-state index in [1.165, 1.54) is 19.9 Å². The number of nitrogens with two attached hydrogens (primary N) is 1. The van der Waals surface area contributed by atoms with Crippen LogP contribution in [0.3, 0.4) is 0 Å². The van der Waals surface area contributed by atoms with E-state index >= 15 is 0 Å². The molecule has 31 heavy (non-hydrogen) atoms. The van der Waals surface area contributed by atoms with Crippen LogP contribution in [0, 0.1) is 11.6 Å². The first-order valence-electron chi connectivity index (χ1n) is 10.2. The van der Waals surface area contributed by atoms with Crippen molar-refractivity contribution in [3.63, 3.8) is 0 Å². The second kappa shape index (κ2) is 7.65. The molecule has 6 nitrogen and oxygen atoms in total. The summed E-state index contributed by atoms with van der Waals surface area (Å²) in [6, 6.07) is 2.55. The topological polar surface area (TPSA) is 105 Å². The Balaban J connectivity index is 1.72. The molecule has 0 bridgehead atoms. The molecule has 0 aliphatic heterocycles. The van der Waals surface area contributed by atoms with Gasteiger partial charge in [-0.25, -0.2) is 22.9 Å². The van der Waals surface area contributed by atoms with Crippen LogP contribution in [0.4, 0.5) is 19.3 Å². The number of benzene rings is 2. The van der Waals surface area contributed by atoms with E-state index in [1.807, 2.05) is 0 Å². The lowest BCUT2D eigenvalue weighted by molar-refractivity contribution is 0.0782. The third-order valence-electron chi connectivity index (χ3n) is 5.97. The van der Waals surface area contributed by atoms with Gasteiger partial charge in [0.1, 0.15) is 21.5 Å². The van der Waals surface area contributed by atoms with Crippen molar-refractivity contribution in [1.29, 1.82) is 0 Å². The molecule has 2 aliphatic carbocycles. The molecule has 0 saturated carbocycles. The van der Waals surface area contributed by atoms with Crippen molar-refractivity contribution in [3.8, 4) is 0 Å². The maximum Gasteiger partial charge on any atom is 0.354 e. The molecule has 0 radical (unpaired) electrons. The molecule has 1 unspecified atom stereocenters. The molecule has 0 aromatic heterocycles. The van der Waals surface area contributed by atoms with Gasteiger partial charge in [-0.15, -0.1) is 4.36 Å². The zero-order valence-electron chi connectivity index (χ0n) is 17.4. The van der Waals surface area contributed by atoms with Crippen LogP contribution in [-0.4, -0.2) is 15.3 Å². The Hall–Kier alpha value is -2.36. The number of halogens is 2. The molecule has 1 atom stereocenters. The zero-order chi connectivity index (χ0) is 22.6. The van der Waals surface area contributed by atoms with Gasteiger partial charge in [0.25, 0.3) is 0 Å². The van der Waals surface area contributed by atoms with Crippen LogP contribution in [0.5, 0.6) is 0 Å². The van der Waals surface area contributed by atoms with Crippen LogP contribution in [-0.2, 0) is 41.2 Å². The van der Waals surface area contributed by atoms with Crippen molar-refractivity contribution in [3.05, 3.63) is 57.7 Å². The normalized spacial score (nSPS) is 17.1. The minimum absolute atomic E-state index is 0.178. The van der Waals surface area contributed by atoms with E-state index in [-0.39, 0.29) is 11.4 Å². The lowest BCUT2D eigenvalue weighted by Crippen LogP contribution is -2.22. The first kappa shape index (κ1) is 21.9. The molecule has 2 aromatic rings. The Morgan fingerprint density at radius 2 is 1.65 bits per heavy atom. The Morgan fingerprint density at radius 1 is 1.10 bits per heavy atom. The highest BCUT2D eigenvalue weighted by molar-refractivity contribution is 7.91. The number of amides is 2. The van der Waals surface area contributed by atoms with Crippen molar-refractivity contribution in [1.82, 2.24) is 0 Å². The Bertz CT molecular complexity index is 1180. The molecule has 0 saturated heterocycles. The summed E-state index contributed by atoms with van der Waals surface area (Å²) in [7, 11) is -3.93. The van der Waals surface area contributed by atoms with E-state index in [2.05, 4.69) is 9.68 Å². The van der Waals surface area contributed by atoms with E-state index in [0.29, 0.717) is 42.5 Å². The number of fused-ring (bicyclic) bond motifs is 2. The quantitative estimate of drug-likeness (QED) is 0.657. The molecule has 2 amide bonds. The summed E-state index contributed by atoms with van der Waals surface area (Å²) >= 11 is 0. The average Bonchev–Trinajstić information content (AvgIpc) is 3.34. The zero-order valence-corrected chi connectivity index (χ0v) is 18.2. The smallest absolute Gasteiger partial charge is 0.354 e. The number of carbonyl (C=O) groups is 1. The summed E-state index contributed by atoms with van der Waals surface area (Å²) in [5.41, 5.74) is 2.22. The largest absolute Gasteiger partial charge is 0.386 e. The predicted molar refractivity (Wildman–Crippen MR) is 114 cm³/mol. The summed E-state index contributed by atoms with van der Waals surface area (Å²) in [5.74, 6) is -1.07. The molecule has 4 N–H and O–H groups in total. The number of anilines is 1. The number of hydrogen-bond donors (Lipinski definition) is 3. The van der Waals surface area contributed by atoms with Gasteiger partial charge in [0.2, 0.25) is 0 Å². The number of carbonyl (C=O) groups excluding carboxylic acids is 1. The summed E-state index contributed by atoms with van der Waals surface area (Å²) < 4.78 is 45.7. The van der Waals surface area contributed by atoms with E-state index in [1.54, 1.807) is 0 Å². The van der Waals surface area contributed by atoms with E-state index in [9.17, 15) is 22.9 Å². The highest BCUT2D eigenvalue weighted by Crippen LogP contribution is 2.41. The van der Waals surface area contributed by atoms with Crippen molar-refractivity contribution in [2.75, 3.05) is 5.32 Å². The first-order chi connectivity index (χ1) is 14.5. The lowest BCUT2D eigenvalue weighted by Gasteiger charge is -2.19. The van der Waals surface area contributed by atoms with Crippen molar-refractivity contribution in [2.24, 2.45) is 9.50 Å². The van der Waals surface area contributed by atoms with Crippen LogP contribution < -0.4 is 10.5 Å². The van der Waals surface area contributed by atoms with E-state index in [0.717, 1.165) is 36.1 Å². The number of nitrogens with zero attached hydrogens (tertiary/aromatic N) is 1. The molecule has 2 aromatic carbocycles. The van der Waals surface area contributed by atoms with Crippen LogP contribution in [0.1, 0.15) is 54.5 Å². The van der Waals surface area contributed by atoms with Crippen LogP contribution in [0.2, 0.25) is 0 Å². The van der Waals surface area contributed by atoms with E-state index < -0.39 is 32.3 Å². The van der Waals surface area contributed by atoms with Gasteiger partial charge in [0.15, 0.2) is 0 Å². The number of urea groups is 1. The summed E-state index contributed by atoms with van der Waals surface area (Å²) in [6.45, 7) is 2.98.